The fourth-order valence-electron chi connectivity index (χ4n) is 3.05. The molecular weight excluding hydrogens is 474 g/mol. The minimum absolute atomic E-state index is 0.0580. The van der Waals surface area contributed by atoms with Crippen LogP contribution in [0, 0.1) is 29.3 Å². The summed E-state index contributed by atoms with van der Waals surface area (Å²) in [6.07, 6.45) is -2.17. The normalized spacial score (nSPS) is 11.1. The number of anilines is 1. The van der Waals surface area contributed by atoms with Gasteiger partial charge in [0.25, 0.3) is 0 Å². The van der Waals surface area contributed by atoms with Crippen molar-refractivity contribution in [2.24, 2.45) is 0 Å². The number of pyridine rings is 1. The number of nitrogens with zero attached hydrogens (tertiary/aromatic N) is 3. The molecule has 2 aromatic heterocycles. The number of aromatic nitrogens is 3. The van der Waals surface area contributed by atoms with Crippen LogP contribution in [0.5, 0.6) is 11.6 Å². The van der Waals surface area contributed by atoms with Gasteiger partial charge in [0, 0.05) is 36.9 Å². The topological polar surface area (TPSA) is 59.9 Å². The van der Waals surface area contributed by atoms with Crippen LogP contribution in [-0.2, 0) is 6.18 Å². The predicted molar refractivity (Wildman–Crippen MR) is 115 cm³/mol. The zero-order chi connectivity index (χ0) is 25.0. The molecule has 0 amide bonds. The third-order valence-electron chi connectivity index (χ3n) is 4.67. The Kier molecular flexibility index (Phi) is 6.73. The Balaban J connectivity index is 1.36. The zero-order valence-electron chi connectivity index (χ0n) is 17.6. The van der Waals surface area contributed by atoms with Crippen molar-refractivity contribution >= 4 is 16.7 Å². The largest absolute Gasteiger partial charge is 0.439 e. The summed E-state index contributed by atoms with van der Waals surface area (Å²) in [5.74, 6) is 2.19. The first kappa shape index (κ1) is 23.8. The van der Waals surface area contributed by atoms with Gasteiger partial charge in [-0.1, -0.05) is 11.8 Å². The van der Waals surface area contributed by atoms with Crippen molar-refractivity contribution in [3.63, 3.8) is 0 Å². The maximum atomic E-state index is 14.1. The van der Waals surface area contributed by atoms with Gasteiger partial charge in [0.2, 0.25) is 5.88 Å². The van der Waals surface area contributed by atoms with Crippen LogP contribution >= 0.6 is 0 Å². The van der Waals surface area contributed by atoms with Crippen molar-refractivity contribution in [2.45, 2.75) is 12.6 Å². The summed E-state index contributed by atoms with van der Waals surface area (Å²) in [6, 6.07) is 8.36. The molecule has 178 valence electrons. The van der Waals surface area contributed by atoms with Crippen molar-refractivity contribution in [3.8, 4) is 23.5 Å². The molecule has 4 aromatic rings. The van der Waals surface area contributed by atoms with Gasteiger partial charge < -0.3 is 10.1 Å². The molecule has 11 heteroatoms. The van der Waals surface area contributed by atoms with Gasteiger partial charge in [-0.2, -0.15) is 13.2 Å². The van der Waals surface area contributed by atoms with Crippen LogP contribution in [0.25, 0.3) is 10.9 Å². The Morgan fingerprint density at radius 3 is 2.43 bits per heavy atom. The fourth-order valence-corrected chi connectivity index (χ4v) is 3.05. The van der Waals surface area contributed by atoms with E-state index in [0.717, 1.165) is 24.7 Å². The Labute approximate surface area is 194 Å². The number of nitrogens with one attached hydrogen (secondary N) is 1. The highest BCUT2D eigenvalue weighted by molar-refractivity contribution is 5.89. The molecule has 2 heterocycles. The van der Waals surface area contributed by atoms with E-state index in [0.29, 0.717) is 11.6 Å². The molecule has 35 heavy (non-hydrogen) atoms. The number of hydrogen-bond donors (Lipinski definition) is 1. The van der Waals surface area contributed by atoms with Crippen molar-refractivity contribution in [2.75, 3.05) is 11.9 Å². The number of rotatable bonds is 5. The zero-order valence-corrected chi connectivity index (χ0v) is 17.6. The second kappa shape index (κ2) is 9.89. The third kappa shape index (κ3) is 5.60. The highest BCUT2D eigenvalue weighted by atomic mass is 19.4. The molecule has 0 spiro atoms. The highest BCUT2D eigenvalue weighted by Crippen LogP contribution is 2.31. The lowest BCUT2D eigenvalue weighted by molar-refractivity contribution is -0.137. The van der Waals surface area contributed by atoms with Gasteiger partial charge >= 0.3 is 6.18 Å². The average molecular weight is 488 g/mol. The summed E-state index contributed by atoms with van der Waals surface area (Å²) in [4.78, 5) is 11.3. The molecule has 0 aliphatic carbocycles. The van der Waals surface area contributed by atoms with Crippen molar-refractivity contribution in [3.05, 3.63) is 83.6 Å². The summed E-state index contributed by atoms with van der Waals surface area (Å²) in [5, 5.41) is 2.40. The smallest absolute Gasteiger partial charge is 0.416 e. The summed E-state index contributed by atoms with van der Waals surface area (Å²) in [5.41, 5.74) is -0.598. The number of fused-ring (bicyclic) bond motifs is 1. The van der Waals surface area contributed by atoms with Crippen LogP contribution in [0.1, 0.15) is 17.5 Å². The van der Waals surface area contributed by atoms with Crippen LogP contribution in [0.2, 0.25) is 0 Å². The van der Waals surface area contributed by atoms with Gasteiger partial charge in [-0.25, -0.2) is 28.1 Å². The van der Waals surface area contributed by atoms with Crippen molar-refractivity contribution in [1.29, 1.82) is 0 Å². The predicted octanol–water partition coefficient (Wildman–Crippen LogP) is 6.11. The standard InChI is InChI=1S/C24H14F6N4O/c25-17-12-18(26)22-20(21(17)27)23(34-13-33-22)32-9-2-1-3-14-4-6-16(7-5-14)35-19-11-15(8-10-31-19)24(28,29)30/h4-8,10-13H,2,9H2,(H,32,33,34). The van der Waals surface area contributed by atoms with E-state index >= 15 is 0 Å². The number of ether oxygens (including phenoxy) is 1. The second-order valence-corrected chi connectivity index (χ2v) is 7.09. The van der Waals surface area contributed by atoms with Crippen LogP contribution in [-0.4, -0.2) is 21.5 Å². The lowest BCUT2D eigenvalue weighted by Crippen LogP contribution is -2.06. The maximum Gasteiger partial charge on any atom is 0.416 e. The lowest BCUT2D eigenvalue weighted by atomic mass is 10.2. The molecule has 0 aliphatic rings. The molecule has 2 aromatic carbocycles. The first-order valence-electron chi connectivity index (χ1n) is 10.0. The Bertz CT molecular complexity index is 1430. The Hall–Kier alpha value is -4.33. The van der Waals surface area contributed by atoms with E-state index in [9.17, 15) is 26.3 Å². The van der Waals surface area contributed by atoms with Crippen molar-refractivity contribution < 1.29 is 31.1 Å². The minimum Gasteiger partial charge on any atom is -0.439 e. The van der Waals surface area contributed by atoms with Crippen LogP contribution in [0.15, 0.2) is 55.0 Å². The SMILES string of the molecule is Fc1cc(F)c2ncnc(NCCC#Cc3ccc(Oc4cc(C(F)(F)F)ccn4)cc3)c2c1F. The van der Waals surface area contributed by atoms with E-state index in [1.165, 1.54) is 12.1 Å². The van der Waals surface area contributed by atoms with E-state index in [1.807, 2.05) is 0 Å². The van der Waals surface area contributed by atoms with Crippen LogP contribution in [0.4, 0.5) is 32.2 Å². The van der Waals surface area contributed by atoms with E-state index in [-0.39, 0.29) is 41.3 Å². The Morgan fingerprint density at radius 2 is 1.69 bits per heavy atom. The first-order chi connectivity index (χ1) is 16.7. The quantitative estimate of drug-likeness (QED) is 0.159. The molecule has 0 saturated heterocycles. The fraction of sp³-hybridized carbons (Fsp3) is 0.125. The monoisotopic (exact) mass is 488 g/mol. The van der Waals surface area contributed by atoms with E-state index in [4.69, 9.17) is 4.74 Å². The summed E-state index contributed by atoms with van der Waals surface area (Å²) >= 11 is 0. The van der Waals surface area contributed by atoms with E-state index < -0.39 is 29.2 Å². The molecule has 0 aliphatic heterocycles. The Morgan fingerprint density at radius 1 is 0.914 bits per heavy atom. The van der Waals surface area contributed by atoms with E-state index in [1.54, 1.807) is 12.1 Å². The first-order valence-corrected chi connectivity index (χ1v) is 10.0. The molecule has 0 radical (unpaired) electrons. The molecule has 1 N–H and O–H groups in total. The molecule has 0 atom stereocenters. The summed E-state index contributed by atoms with van der Waals surface area (Å²) < 4.78 is 85.3. The second-order valence-electron chi connectivity index (χ2n) is 7.09. The highest BCUT2D eigenvalue weighted by Gasteiger charge is 2.31. The lowest BCUT2D eigenvalue weighted by Gasteiger charge is -2.09. The number of halogens is 6. The van der Waals surface area contributed by atoms with Crippen molar-refractivity contribution in [1.82, 2.24) is 15.0 Å². The number of benzene rings is 2. The summed E-state index contributed by atoms with van der Waals surface area (Å²) in [6.45, 7) is 0.207. The number of alkyl halides is 3. The van der Waals surface area contributed by atoms with Gasteiger partial charge in [0.1, 0.15) is 23.4 Å². The molecule has 4 rings (SSSR count). The third-order valence-corrected chi connectivity index (χ3v) is 4.67. The number of hydrogen-bond acceptors (Lipinski definition) is 5. The van der Waals surface area contributed by atoms with Gasteiger partial charge in [0.15, 0.2) is 17.5 Å². The maximum absolute atomic E-state index is 14.1. The van der Waals surface area contributed by atoms with Gasteiger partial charge in [-0.15, -0.1) is 0 Å². The summed E-state index contributed by atoms with van der Waals surface area (Å²) in [7, 11) is 0. The molecule has 0 unspecified atom stereocenters. The minimum atomic E-state index is -4.50. The van der Waals surface area contributed by atoms with Crippen LogP contribution < -0.4 is 10.1 Å². The molecular formula is C24H14F6N4O. The van der Waals surface area contributed by atoms with Gasteiger partial charge in [0.05, 0.1) is 10.9 Å². The molecule has 0 fully saturated rings. The molecule has 0 saturated carbocycles. The van der Waals surface area contributed by atoms with E-state index in [2.05, 4.69) is 32.1 Å². The molecule has 0 bridgehead atoms. The molecule has 5 nitrogen and oxygen atoms in total. The average Bonchev–Trinajstić information content (AvgIpc) is 2.83. The van der Waals surface area contributed by atoms with Gasteiger partial charge in [-0.05, 0) is 30.3 Å². The van der Waals surface area contributed by atoms with Gasteiger partial charge in [-0.3, -0.25) is 0 Å². The van der Waals surface area contributed by atoms with Crippen LogP contribution in [0.3, 0.4) is 0 Å².